The van der Waals surface area contributed by atoms with E-state index >= 15 is 0 Å². The molecule has 5 heteroatoms. The van der Waals surface area contributed by atoms with Crippen LogP contribution in [0.3, 0.4) is 0 Å². The first kappa shape index (κ1) is 15.8. The lowest BCUT2D eigenvalue weighted by atomic mass is 10.0. The van der Waals surface area contributed by atoms with Crippen molar-refractivity contribution in [2.24, 2.45) is 0 Å². The molecule has 1 fully saturated rings. The number of rotatable bonds is 3. The molecule has 2 aliphatic heterocycles. The maximum absolute atomic E-state index is 12.9. The number of amides is 1. The third-order valence-corrected chi connectivity index (χ3v) is 4.72. The molecule has 0 radical (unpaired) electrons. The van der Waals surface area contributed by atoms with Gasteiger partial charge in [-0.05, 0) is 37.1 Å². The number of carbonyl (C=O) groups is 1. The molecule has 130 valence electrons. The average Bonchev–Trinajstić information content (AvgIpc) is 2.68. The van der Waals surface area contributed by atoms with E-state index in [2.05, 4.69) is 17.4 Å². The van der Waals surface area contributed by atoms with Crippen molar-refractivity contribution in [2.75, 3.05) is 31.6 Å². The fraction of sp³-hybridized carbons (Fsp3) is 0.350. The Labute approximate surface area is 147 Å². The second-order valence-electron chi connectivity index (χ2n) is 6.41. The van der Waals surface area contributed by atoms with E-state index in [0.717, 1.165) is 31.6 Å². The zero-order valence-electron chi connectivity index (χ0n) is 14.1. The normalized spacial score (nSPS) is 17.2. The Morgan fingerprint density at radius 2 is 1.72 bits per heavy atom. The summed E-state index contributed by atoms with van der Waals surface area (Å²) >= 11 is 0. The molecule has 4 rings (SSSR count). The largest absolute Gasteiger partial charge is 0.486 e. The van der Waals surface area contributed by atoms with Crippen LogP contribution in [-0.4, -0.2) is 43.2 Å². The summed E-state index contributed by atoms with van der Waals surface area (Å²) in [5, 5.41) is 3.55. The lowest BCUT2D eigenvalue weighted by Gasteiger charge is -2.33. The molecule has 0 aliphatic carbocycles. The molecule has 0 saturated carbocycles. The van der Waals surface area contributed by atoms with Gasteiger partial charge < -0.3 is 19.7 Å². The van der Waals surface area contributed by atoms with Gasteiger partial charge >= 0.3 is 0 Å². The molecule has 0 spiro atoms. The van der Waals surface area contributed by atoms with Crippen LogP contribution < -0.4 is 14.8 Å². The third kappa shape index (κ3) is 3.40. The van der Waals surface area contributed by atoms with Crippen molar-refractivity contribution < 1.29 is 14.3 Å². The van der Waals surface area contributed by atoms with Crippen LogP contribution in [-0.2, 0) is 0 Å². The van der Waals surface area contributed by atoms with Crippen molar-refractivity contribution in [2.45, 2.75) is 18.9 Å². The average molecular weight is 338 g/mol. The van der Waals surface area contributed by atoms with E-state index in [9.17, 15) is 4.79 Å². The number of hydrogen-bond acceptors (Lipinski definition) is 4. The number of carbonyl (C=O) groups excluding carboxylic acids is 1. The Morgan fingerprint density at radius 1 is 0.960 bits per heavy atom. The van der Waals surface area contributed by atoms with Gasteiger partial charge in [0.05, 0.1) is 5.56 Å². The second kappa shape index (κ2) is 7.05. The highest BCUT2D eigenvalue weighted by atomic mass is 16.6. The molecule has 2 aromatic rings. The van der Waals surface area contributed by atoms with Gasteiger partial charge in [0.1, 0.15) is 13.2 Å². The van der Waals surface area contributed by atoms with Gasteiger partial charge in [0.15, 0.2) is 11.5 Å². The Morgan fingerprint density at radius 3 is 2.52 bits per heavy atom. The van der Waals surface area contributed by atoms with E-state index in [-0.39, 0.29) is 5.91 Å². The summed E-state index contributed by atoms with van der Waals surface area (Å²) in [5.74, 6) is 1.28. The summed E-state index contributed by atoms with van der Waals surface area (Å²) in [7, 11) is 0. The van der Waals surface area contributed by atoms with Gasteiger partial charge in [-0.2, -0.15) is 0 Å². The van der Waals surface area contributed by atoms with Crippen LogP contribution in [0.4, 0.5) is 5.69 Å². The maximum Gasteiger partial charge on any atom is 0.257 e. The minimum absolute atomic E-state index is 0.0283. The number of anilines is 1. The molecule has 0 atom stereocenters. The van der Waals surface area contributed by atoms with E-state index in [0.29, 0.717) is 36.3 Å². The molecule has 2 aliphatic rings. The number of likely N-dealkylation sites (tertiary alicyclic amines) is 1. The molecule has 0 unspecified atom stereocenters. The SMILES string of the molecule is O=C(c1cccc2c1OCCO2)N1CCC(Nc2ccccc2)CC1. The predicted octanol–water partition coefficient (Wildman–Crippen LogP) is 3.17. The number of para-hydroxylation sites is 2. The Balaban J connectivity index is 1.40. The summed E-state index contributed by atoms with van der Waals surface area (Å²) < 4.78 is 11.3. The molecule has 0 bridgehead atoms. The number of piperidine rings is 1. The summed E-state index contributed by atoms with van der Waals surface area (Å²) in [4.78, 5) is 14.8. The Hall–Kier alpha value is -2.69. The smallest absolute Gasteiger partial charge is 0.257 e. The van der Waals surface area contributed by atoms with Crippen molar-refractivity contribution in [3.63, 3.8) is 0 Å². The maximum atomic E-state index is 12.9. The quantitative estimate of drug-likeness (QED) is 0.934. The number of nitrogens with one attached hydrogen (secondary N) is 1. The van der Waals surface area contributed by atoms with E-state index in [1.54, 1.807) is 0 Å². The summed E-state index contributed by atoms with van der Waals surface area (Å²) in [6.07, 6.45) is 1.88. The van der Waals surface area contributed by atoms with Crippen molar-refractivity contribution in [1.82, 2.24) is 4.90 Å². The molecule has 1 amide bonds. The highest BCUT2D eigenvalue weighted by Gasteiger charge is 2.27. The topological polar surface area (TPSA) is 50.8 Å². The monoisotopic (exact) mass is 338 g/mol. The van der Waals surface area contributed by atoms with Gasteiger partial charge in [-0.25, -0.2) is 0 Å². The van der Waals surface area contributed by atoms with Gasteiger partial charge in [-0.1, -0.05) is 24.3 Å². The van der Waals surface area contributed by atoms with E-state index in [4.69, 9.17) is 9.47 Å². The van der Waals surface area contributed by atoms with Crippen LogP contribution in [0.15, 0.2) is 48.5 Å². The zero-order chi connectivity index (χ0) is 17.1. The van der Waals surface area contributed by atoms with Gasteiger partial charge in [0, 0.05) is 24.8 Å². The standard InChI is InChI=1S/C20H22N2O3/c23-20(17-7-4-8-18-19(17)25-14-13-24-18)22-11-9-16(10-12-22)21-15-5-2-1-3-6-15/h1-8,16,21H,9-14H2. The molecule has 5 nitrogen and oxygen atoms in total. The van der Waals surface area contributed by atoms with E-state index < -0.39 is 0 Å². The van der Waals surface area contributed by atoms with Gasteiger partial charge in [-0.15, -0.1) is 0 Å². The van der Waals surface area contributed by atoms with Gasteiger partial charge in [0.25, 0.3) is 5.91 Å². The lowest BCUT2D eigenvalue weighted by molar-refractivity contribution is 0.0708. The molecule has 0 aromatic heterocycles. The highest BCUT2D eigenvalue weighted by Crippen LogP contribution is 2.34. The van der Waals surface area contributed by atoms with Crippen LogP contribution >= 0.6 is 0 Å². The fourth-order valence-electron chi connectivity index (χ4n) is 3.41. The summed E-state index contributed by atoms with van der Waals surface area (Å²) in [5.41, 5.74) is 1.74. The molecule has 2 aromatic carbocycles. The summed E-state index contributed by atoms with van der Waals surface area (Å²) in [6, 6.07) is 16.1. The van der Waals surface area contributed by atoms with E-state index in [1.807, 2.05) is 41.3 Å². The van der Waals surface area contributed by atoms with Crippen molar-refractivity contribution in [3.8, 4) is 11.5 Å². The van der Waals surface area contributed by atoms with Gasteiger partial charge in [0.2, 0.25) is 0 Å². The minimum atomic E-state index is 0.0283. The van der Waals surface area contributed by atoms with Crippen LogP contribution in [0.1, 0.15) is 23.2 Å². The number of benzene rings is 2. The molecule has 25 heavy (non-hydrogen) atoms. The number of fused-ring (bicyclic) bond motifs is 1. The van der Waals surface area contributed by atoms with Gasteiger partial charge in [-0.3, -0.25) is 4.79 Å². The lowest BCUT2D eigenvalue weighted by Crippen LogP contribution is -2.42. The molecule has 1 N–H and O–H groups in total. The first-order valence-electron chi connectivity index (χ1n) is 8.81. The zero-order valence-corrected chi connectivity index (χ0v) is 14.1. The number of nitrogens with zero attached hydrogens (tertiary/aromatic N) is 1. The summed E-state index contributed by atoms with van der Waals surface area (Å²) in [6.45, 7) is 2.50. The Kier molecular flexibility index (Phi) is 4.46. The third-order valence-electron chi connectivity index (χ3n) is 4.72. The molecular weight excluding hydrogens is 316 g/mol. The highest BCUT2D eigenvalue weighted by molar-refractivity contribution is 5.98. The minimum Gasteiger partial charge on any atom is -0.486 e. The van der Waals surface area contributed by atoms with Crippen LogP contribution in [0, 0.1) is 0 Å². The van der Waals surface area contributed by atoms with Crippen LogP contribution in [0.25, 0.3) is 0 Å². The van der Waals surface area contributed by atoms with Crippen LogP contribution in [0.5, 0.6) is 11.5 Å². The van der Waals surface area contributed by atoms with Crippen LogP contribution in [0.2, 0.25) is 0 Å². The number of hydrogen-bond donors (Lipinski definition) is 1. The van der Waals surface area contributed by atoms with Crippen molar-refractivity contribution in [1.29, 1.82) is 0 Å². The fourth-order valence-corrected chi connectivity index (χ4v) is 3.41. The molecule has 1 saturated heterocycles. The number of ether oxygens (including phenoxy) is 2. The Bertz CT molecular complexity index is 740. The molecular formula is C20H22N2O3. The second-order valence-corrected chi connectivity index (χ2v) is 6.41. The van der Waals surface area contributed by atoms with Crippen molar-refractivity contribution in [3.05, 3.63) is 54.1 Å². The first-order valence-corrected chi connectivity index (χ1v) is 8.81. The van der Waals surface area contributed by atoms with E-state index in [1.165, 1.54) is 0 Å². The first-order chi connectivity index (χ1) is 12.3. The van der Waals surface area contributed by atoms with Crippen molar-refractivity contribution >= 4 is 11.6 Å². The predicted molar refractivity (Wildman–Crippen MR) is 96.4 cm³/mol. The molecule has 2 heterocycles.